The molecule has 3 N–H and O–H groups in total. The molecule has 12 heteroatoms. The van der Waals surface area contributed by atoms with Crippen LogP contribution in [0.1, 0.15) is 75.2 Å². The molecule has 2 aliphatic rings. The number of anilines is 1. The second-order valence-electron chi connectivity index (χ2n) is 8.32. The zero-order valence-electron chi connectivity index (χ0n) is 21.4. The average Bonchev–Trinajstić information content (AvgIpc) is 3.68. The zero-order valence-corrected chi connectivity index (χ0v) is 26.7. The predicted molar refractivity (Wildman–Crippen MR) is 171 cm³/mol. The van der Waals surface area contributed by atoms with E-state index in [2.05, 4.69) is 55.0 Å². The fourth-order valence-electron chi connectivity index (χ4n) is 4.47. The maximum atomic E-state index is 13.5. The van der Waals surface area contributed by atoms with Gasteiger partial charge in [0.25, 0.3) is 0 Å². The maximum Gasteiger partial charge on any atom is 0.208 e. The number of fused-ring (bicyclic) bond motifs is 1. The summed E-state index contributed by atoms with van der Waals surface area (Å²) in [7, 11) is 2.11. The number of nitrogens with zero attached hydrogens (tertiary/aromatic N) is 2. The summed E-state index contributed by atoms with van der Waals surface area (Å²) in [5.74, 6) is 1.46. The van der Waals surface area contributed by atoms with Crippen LogP contribution < -0.4 is 10.5 Å². The van der Waals surface area contributed by atoms with Crippen molar-refractivity contribution in [3.05, 3.63) is 85.7 Å². The standard InChI is InChI=1S/C24H23ClN4O2S3.C2H6.H3PS/c1-13-18(23-19-7-16(25)4-3-15(19)11-32-23)8-21(33-13)22(30)20-9-27-12-28-24(20)29-17-5-2-14(6-17)10-31-34-26;2*1-2/h3-4,7-10,12,17,23H,2,5-6,11,26H2,1H3,(H,27,28,29);1-2H3;2H,1H2/b14-10+;;. The molecule has 1 aromatic carbocycles. The van der Waals surface area contributed by atoms with Gasteiger partial charge in [-0.3, -0.25) is 4.79 Å². The summed E-state index contributed by atoms with van der Waals surface area (Å²) in [6, 6.07) is 8.30. The van der Waals surface area contributed by atoms with Crippen molar-refractivity contribution in [1.82, 2.24) is 9.97 Å². The van der Waals surface area contributed by atoms with Gasteiger partial charge < -0.3 is 9.50 Å². The second kappa shape index (κ2) is 15.5. The third-order valence-corrected chi connectivity index (χ3v) is 8.98. The van der Waals surface area contributed by atoms with Crippen LogP contribution in [0.3, 0.4) is 0 Å². The van der Waals surface area contributed by atoms with E-state index in [1.807, 2.05) is 37.7 Å². The Kier molecular flexibility index (Phi) is 12.8. The number of halogens is 1. The van der Waals surface area contributed by atoms with Gasteiger partial charge in [0.15, 0.2) is 0 Å². The molecular formula is C26H32ClN4O2PS4. The highest BCUT2D eigenvalue weighted by molar-refractivity contribution is 8.31. The van der Waals surface area contributed by atoms with Gasteiger partial charge >= 0.3 is 0 Å². The van der Waals surface area contributed by atoms with E-state index in [0.29, 0.717) is 16.3 Å². The largest absolute Gasteiger partial charge is 0.418 e. The van der Waals surface area contributed by atoms with Gasteiger partial charge in [-0.2, -0.15) is 12.2 Å². The lowest BCUT2D eigenvalue weighted by Crippen LogP contribution is -2.18. The summed E-state index contributed by atoms with van der Waals surface area (Å²) < 4.78 is 5.14. The van der Waals surface area contributed by atoms with E-state index in [1.165, 1.54) is 39.9 Å². The lowest BCUT2D eigenvalue weighted by molar-refractivity contribution is 0.104. The van der Waals surface area contributed by atoms with Crippen LogP contribution in [0, 0.1) is 6.92 Å². The van der Waals surface area contributed by atoms with Crippen molar-refractivity contribution in [3.63, 3.8) is 0 Å². The minimum atomic E-state index is -0.0617. The van der Waals surface area contributed by atoms with Crippen LogP contribution in [-0.2, 0) is 9.94 Å². The van der Waals surface area contributed by atoms with Crippen molar-refractivity contribution in [3.8, 4) is 0 Å². The van der Waals surface area contributed by atoms with E-state index in [0.717, 1.165) is 47.1 Å². The molecule has 38 heavy (non-hydrogen) atoms. The summed E-state index contributed by atoms with van der Waals surface area (Å²) in [6.07, 6.45) is 7.46. The van der Waals surface area contributed by atoms with Crippen LogP contribution in [0.25, 0.3) is 0 Å². The number of aryl methyl sites for hydroxylation is 1. The van der Waals surface area contributed by atoms with E-state index in [4.69, 9.17) is 20.9 Å². The van der Waals surface area contributed by atoms with Gasteiger partial charge in [0, 0.05) is 27.9 Å². The Balaban J connectivity index is 0.000000956. The molecule has 5 rings (SSSR count). The van der Waals surface area contributed by atoms with E-state index < -0.39 is 0 Å². The zero-order chi connectivity index (χ0) is 27.7. The number of thiophene rings is 1. The molecule has 3 heterocycles. The van der Waals surface area contributed by atoms with Crippen LogP contribution in [0.5, 0.6) is 0 Å². The Morgan fingerprint density at radius 3 is 2.87 bits per heavy atom. The molecule has 1 aliphatic carbocycles. The van der Waals surface area contributed by atoms with E-state index in [9.17, 15) is 4.79 Å². The SMILES string of the molecule is CC.Cc1sc(C(=O)c2cncnc2NC2CC/C(=C\OSN)C2)cc1C1SCc2ccc(Cl)cc21.PS. The third kappa shape index (κ3) is 7.47. The first kappa shape index (κ1) is 31.3. The number of thiol groups is 1. The summed E-state index contributed by atoms with van der Waals surface area (Å²) in [6.45, 7) is 6.08. The molecule has 0 spiro atoms. The normalized spacial score (nSPS) is 18.7. The van der Waals surface area contributed by atoms with Crippen molar-refractivity contribution in [1.29, 1.82) is 0 Å². The number of aromatic nitrogens is 2. The summed E-state index contributed by atoms with van der Waals surface area (Å²) in [5.41, 5.74) is 5.40. The minimum Gasteiger partial charge on any atom is -0.418 e. The van der Waals surface area contributed by atoms with Crippen LogP contribution in [0.15, 0.2) is 48.6 Å². The molecule has 6 nitrogen and oxygen atoms in total. The first-order chi connectivity index (χ1) is 18.5. The summed E-state index contributed by atoms with van der Waals surface area (Å²) in [4.78, 5) is 23.9. The Bertz CT molecular complexity index is 1270. The van der Waals surface area contributed by atoms with Gasteiger partial charge in [0.05, 0.1) is 15.7 Å². The number of carbonyl (C=O) groups is 1. The third-order valence-electron chi connectivity index (χ3n) is 6.15. The number of hydrogen-bond acceptors (Lipinski definition) is 10. The van der Waals surface area contributed by atoms with Crippen molar-refractivity contribution < 1.29 is 8.98 Å². The highest BCUT2D eigenvalue weighted by atomic mass is 35.5. The average molecular weight is 627 g/mol. The topological polar surface area (TPSA) is 90.1 Å². The van der Waals surface area contributed by atoms with Crippen molar-refractivity contribution in [2.45, 2.75) is 57.1 Å². The highest BCUT2D eigenvalue weighted by Crippen LogP contribution is 2.49. The molecule has 3 unspecified atom stereocenters. The molecule has 0 saturated heterocycles. The Morgan fingerprint density at radius 2 is 2.11 bits per heavy atom. The number of ketones is 1. The second-order valence-corrected chi connectivity index (χ2v) is 11.5. The molecule has 3 atom stereocenters. The monoisotopic (exact) mass is 626 g/mol. The van der Waals surface area contributed by atoms with Gasteiger partial charge in [-0.25, -0.2) is 15.1 Å². The fraction of sp³-hybridized carbons (Fsp3) is 0.346. The Hall–Kier alpha value is -1.26. The number of nitrogens with two attached hydrogens (primary N) is 1. The number of hydrogen-bond donors (Lipinski definition) is 3. The summed E-state index contributed by atoms with van der Waals surface area (Å²) >= 11 is 14.0. The number of benzene rings is 1. The van der Waals surface area contributed by atoms with Gasteiger partial charge in [-0.05, 0) is 66.6 Å². The molecule has 3 aromatic rings. The quantitative estimate of drug-likeness (QED) is 0.0604. The number of thioether (sulfide) groups is 1. The predicted octanol–water partition coefficient (Wildman–Crippen LogP) is 8.19. The fourth-order valence-corrected chi connectivity index (χ4v) is 7.37. The van der Waals surface area contributed by atoms with Crippen molar-refractivity contribution >= 4 is 79.2 Å². The molecule has 2 aromatic heterocycles. The van der Waals surface area contributed by atoms with Crippen molar-refractivity contribution in [2.75, 3.05) is 5.32 Å². The molecule has 0 bridgehead atoms. The molecular weight excluding hydrogens is 595 g/mol. The minimum absolute atomic E-state index is 0.0617. The number of carbonyl (C=O) groups excluding carboxylic acids is 1. The molecule has 1 aliphatic heterocycles. The highest BCUT2D eigenvalue weighted by Gasteiger charge is 2.29. The Labute approximate surface area is 250 Å². The lowest BCUT2D eigenvalue weighted by atomic mass is 10.00. The van der Waals surface area contributed by atoms with Crippen molar-refractivity contribution in [2.24, 2.45) is 5.14 Å². The molecule has 1 fully saturated rings. The van der Waals surface area contributed by atoms with Crippen LogP contribution >= 0.6 is 67.6 Å². The lowest BCUT2D eigenvalue weighted by Gasteiger charge is -2.14. The first-order valence-electron chi connectivity index (χ1n) is 12.1. The molecule has 0 radical (unpaired) electrons. The number of rotatable bonds is 7. The number of nitrogens with one attached hydrogen (secondary N) is 1. The van der Waals surface area contributed by atoms with Gasteiger partial charge in [0.1, 0.15) is 30.6 Å². The van der Waals surface area contributed by atoms with E-state index in [-0.39, 0.29) is 17.1 Å². The molecule has 0 amide bonds. The molecule has 1 saturated carbocycles. The van der Waals surface area contributed by atoms with Gasteiger partial charge in [-0.1, -0.05) is 40.0 Å². The van der Waals surface area contributed by atoms with Crippen LogP contribution in [-0.4, -0.2) is 21.8 Å². The van der Waals surface area contributed by atoms with E-state index in [1.54, 1.807) is 12.5 Å². The summed E-state index contributed by atoms with van der Waals surface area (Å²) in [5, 5.41) is 9.70. The van der Waals surface area contributed by atoms with Gasteiger partial charge in [0.2, 0.25) is 5.78 Å². The Morgan fingerprint density at radius 1 is 1.32 bits per heavy atom. The van der Waals surface area contributed by atoms with Crippen LogP contribution in [0.4, 0.5) is 5.82 Å². The first-order valence-corrected chi connectivity index (χ1v) is 17.2. The van der Waals surface area contributed by atoms with E-state index >= 15 is 0 Å². The maximum absolute atomic E-state index is 13.5. The van der Waals surface area contributed by atoms with Gasteiger partial charge in [-0.15, -0.1) is 23.1 Å². The molecule has 204 valence electrons. The van der Waals surface area contributed by atoms with Crippen LogP contribution in [0.2, 0.25) is 5.02 Å². The smallest absolute Gasteiger partial charge is 0.208 e.